The lowest BCUT2D eigenvalue weighted by atomic mass is 9.76. The van der Waals surface area contributed by atoms with Crippen LogP contribution in [0.5, 0.6) is 5.75 Å². The minimum atomic E-state index is -3.00. The molecule has 1 fully saturated rings. The van der Waals surface area contributed by atoms with Crippen LogP contribution in [0.15, 0.2) is 36.4 Å². The lowest BCUT2D eigenvalue weighted by Crippen LogP contribution is -2.37. The molecule has 174 valence electrons. The normalized spacial score (nSPS) is 20.7. The minimum Gasteiger partial charge on any atom is -0.494 e. The number of halogens is 2. The van der Waals surface area contributed by atoms with Crippen LogP contribution in [0.4, 0.5) is 8.78 Å². The fourth-order valence-electron chi connectivity index (χ4n) is 4.74. The SMILES string of the molecule is CNC1CCc2ccc(OCCCS(=O)(=O)CC3CC3)cc2C1Cc1cc(F)cc(F)c1. The van der Waals surface area contributed by atoms with Gasteiger partial charge in [-0.05, 0) is 92.4 Å². The summed E-state index contributed by atoms with van der Waals surface area (Å²) in [4.78, 5) is 0. The number of benzene rings is 2. The van der Waals surface area contributed by atoms with Crippen LogP contribution in [0.25, 0.3) is 0 Å². The van der Waals surface area contributed by atoms with Crippen LogP contribution in [-0.2, 0) is 22.7 Å². The fourth-order valence-corrected chi connectivity index (χ4v) is 6.52. The first-order valence-corrected chi connectivity index (χ1v) is 13.2. The van der Waals surface area contributed by atoms with Gasteiger partial charge in [-0.2, -0.15) is 0 Å². The van der Waals surface area contributed by atoms with E-state index >= 15 is 0 Å². The average Bonchev–Trinajstić information content (AvgIpc) is 3.54. The zero-order chi connectivity index (χ0) is 22.7. The smallest absolute Gasteiger partial charge is 0.150 e. The highest BCUT2D eigenvalue weighted by molar-refractivity contribution is 7.91. The third kappa shape index (κ3) is 6.07. The third-order valence-electron chi connectivity index (χ3n) is 6.53. The summed E-state index contributed by atoms with van der Waals surface area (Å²) < 4.78 is 57.6. The Kier molecular flexibility index (Phi) is 7.15. The van der Waals surface area contributed by atoms with Crippen LogP contribution in [0.3, 0.4) is 0 Å². The number of hydrogen-bond donors (Lipinski definition) is 1. The zero-order valence-electron chi connectivity index (χ0n) is 18.4. The Morgan fingerprint density at radius 1 is 1.06 bits per heavy atom. The number of sulfone groups is 1. The van der Waals surface area contributed by atoms with Crippen LogP contribution in [0.1, 0.15) is 48.3 Å². The molecule has 0 bridgehead atoms. The van der Waals surface area contributed by atoms with Crippen molar-refractivity contribution in [2.75, 3.05) is 25.2 Å². The quantitative estimate of drug-likeness (QED) is 0.530. The van der Waals surface area contributed by atoms with Crippen molar-refractivity contribution in [1.82, 2.24) is 5.32 Å². The molecule has 0 radical (unpaired) electrons. The number of likely N-dealkylation sites (N-methyl/N-ethyl adjacent to an activating group) is 1. The second kappa shape index (κ2) is 9.87. The van der Waals surface area contributed by atoms with E-state index in [0.29, 0.717) is 42.4 Å². The minimum absolute atomic E-state index is 0.0624. The van der Waals surface area contributed by atoms with E-state index in [-0.39, 0.29) is 17.7 Å². The highest BCUT2D eigenvalue weighted by Crippen LogP contribution is 2.37. The van der Waals surface area contributed by atoms with Crippen molar-refractivity contribution >= 4 is 9.84 Å². The summed E-state index contributed by atoms with van der Waals surface area (Å²) in [6, 6.07) is 9.87. The molecule has 7 heteroatoms. The molecule has 2 aromatic carbocycles. The second-order valence-electron chi connectivity index (χ2n) is 9.14. The van der Waals surface area contributed by atoms with Gasteiger partial charge < -0.3 is 10.1 Å². The van der Waals surface area contributed by atoms with E-state index in [2.05, 4.69) is 11.4 Å². The third-order valence-corrected chi connectivity index (χ3v) is 8.42. The molecule has 0 amide bonds. The second-order valence-corrected chi connectivity index (χ2v) is 11.4. The van der Waals surface area contributed by atoms with Crippen molar-refractivity contribution < 1.29 is 21.9 Å². The van der Waals surface area contributed by atoms with Gasteiger partial charge in [0.1, 0.15) is 17.4 Å². The van der Waals surface area contributed by atoms with Crippen LogP contribution >= 0.6 is 0 Å². The number of rotatable bonds is 10. The first-order chi connectivity index (χ1) is 15.3. The molecule has 0 heterocycles. The molecule has 32 heavy (non-hydrogen) atoms. The summed E-state index contributed by atoms with van der Waals surface area (Å²) in [5.74, 6) is 0.466. The topological polar surface area (TPSA) is 55.4 Å². The molecular weight excluding hydrogens is 432 g/mol. The van der Waals surface area contributed by atoms with E-state index < -0.39 is 21.5 Å². The molecule has 2 aromatic rings. The lowest BCUT2D eigenvalue weighted by Gasteiger charge is -2.34. The molecule has 0 aliphatic heterocycles. The largest absolute Gasteiger partial charge is 0.494 e. The average molecular weight is 464 g/mol. The number of hydrogen-bond acceptors (Lipinski definition) is 4. The van der Waals surface area contributed by atoms with Crippen LogP contribution in [0, 0.1) is 17.6 Å². The Bertz CT molecular complexity index is 1030. The van der Waals surface area contributed by atoms with Crippen molar-refractivity contribution in [3.05, 3.63) is 64.7 Å². The van der Waals surface area contributed by atoms with Gasteiger partial charge in [-0.3, -0.25) is 0 Å². The zero-order valence-corrected chi connectivity index (χ0v) is 19.3. The van der Waals surface area contributed by atoms with E-state index in [4.69, 9.17) is 4.74 Å². The Labute approximate surface area is 189 Å². The Balaban J connectivity index is 1.44. The number of aryl methyl sites for hydroxylation is 1. The van der Waals surface area contributed by atoms with Gasteiger partial charge in [0.15, 0.2) is 9.84 Å². The number of fused-ring (bicyclic) bond motifs is 1. The predicted octanol–water partition coefficient (Wildman–Crippen LogP) is 4.42. The van der Waals surface area contributed by atoms with Crippen molar-refractivity contribution in [3.63, 3.8) is 0 Å². The molecule has 1 N–H and O–H groups in total. The van der Waals surface area contributed by atoms with Crippen LogP contribution < -0.4 is 10.1 Å². The molecule has 2 unspecified atom stereocenters. The van der Waals surface area contributed by atoms with E-state index in [1.807, 2.05) is 19.2 Å². The number of ether oxygens (including phenoxy) is 1. The van der Waals surface area contributed by atoms with Gasteiger partial charge in [0.25, 0.3) is 0 Å². The van der Waals surface area contributed by atoms with E-state index in [0.717, 1.165) is 37.3 Å². The first kappa shape index (κ1) is 23.2. The maximum atomic E-state index is 13.7. The van der Waals surface area contributed by atoms with Gasteiger partial charge in [-0.1, -0.05) is 6.07 Å². The van der Waals surface area contributed by atoms with Crippen molar-refractivity contribution in [2.45, 2.75) is 50.5 Å². The Morgan fingerprint density at radius 3 is 2.50 bits per heavy atom. The summed E-state index contributed by atoms with van der Waals surface area (Å²) in [7, 11) is -1.08. The lowest BCUT2D eigenvalue weighted by molar-refractivity contribution is 0.315. The molecule has 4 rings (SSSR count). The van der Waals surface area contributed by atoms with Gasteiger partial charge >= 0.3 is 0 Å². The fraction of sp³-hybridized carbons (Fsp3) is 0.520. The van der Waals surface area contributed by atoms with Crippen molar-refractivity contribution in [1.29, 1.82) is 0 Å². The van der Waals surface area contributed by atoms with Gasteiger partial charge in [-0.15, -0.1) is 0 Å². The van der Waals surface area contributed by atoms with E-state index in [1.165, 1.54) is 17.7 Å². The summed E-state index contributed by atoms with van der Waals surface area (Å²) in [5.41, 5.74) is 2.98. The summed E-state index contributed by atoms with van der Waals surface area (Å²) >= 11 is 0. The molecule has 1 saturated carbocycles. The van der Waals surface area contributed by atoms with Gasteiger partial charge in [0, 0.05) is 18.0 Å². The molecule has 0 aromatic heterocycles. The Hall–Kier alpha value is -1.99. The van der Waals surface area contributed by atoms with Gasteiger partial charge in [0.05, 0.1) is 18.1 Å². The summed E-state index contributed by atoms with van der Waals surface area (Å²) in [5, 5.41) is 3.36. The number of nitrogens with one attached hydrogen (secondary N) is 1. The van der Waals surface area contributed by atoms with Crippen molar-refractivity contribution in [2.24, 2.45) is 5.92 Å². The molecule has 2 aliphatic rings. The molecule has 0 spiro atoms. The van der Waals surface area contributed by atoms with E-state index in [9.17, 15) is 17.2 Å². The molecule has 2 atom stereocenters. The highest BCUT2D eigenvalue weighted by atomic mass is 32.2. The van der Waals surface area contributed by atoms with Gasteiger partial charge in [0.2, 0.25) is 0 Å². The maximum absolute atomic E-state index is 13.7. The van der Waals surface area contributed by atoms with E-state index in [1.54, 1.807) is 0 Å². The van der Waals surface area contributed by atoms with Crippen LogP contribution in [0.2, 0.25) is 0 Å². The predicted molar refractivity (Wildman–Crippen MR) is 122 cm³/mol. The van der Waals surface area contributed by atoms with Gasteiger partial charge in [-0.25, -0.2) is 17.2 Å². The maximum Gasteiger partial charge on any atom is 0.150 e. The first-order valence-electron chi connectivity index (χ1n) is 11.4. The molecular formula is C25H31F2NO3S. The highest BCUT2D eigenvalue weighted by Gasteiger charge is 2.30. The van der Waals surface area contributed by atoms with Crippen molar-refractivity contribution in [3.8, 4) is 5.75 Å². The standard InChI is InChI=1S/C25H31F2NO3S/c1-28-25-8-6-19-5-7-22(31-9-2-10-32(29,30)16-17-3-4-17)15-23(19)24(25)13-18-11-20(26)14-21(27)12-18/h5,7,11-12,14-15,17,24-25,28H,2-4,6,8-10,13,16H2,1H3. The van der Waals surface area contributed by atoms with Crippen LogP contribution in [-0.4, -0.2) is 39.6 Å². The summed E-state index contributed by atoms with van der Waals surface area (Å²) in [6.45, 7) is 0.345. The Morgan fingerprint density at radius 2 is 1.81 bits per heavy atom. The molecule has 0 saturated heterocycles. The summed E-state index contributed by atoms with van der Waals surface area (Å²) in [6.07, 6.45) is 4.93. The molecule has 2 aliphatic carbocycles. The molecule has 4 nitrogen and oxygen atoms in total. The monoisotopic (exact) mass is 463 g/mol.